The maximum atomic E-state index is 13.4. The SMILES string of the molecule is Cc1ccc2nc(OCc3cccc(F)c3)c(CNC3CCOC3)cc2c1. The zero-order valence-corrected chi connectivity index (χ0v) is 15.4. The van der Waals surface area contributed by atoms with Gasteiger partial charge in [0.05, 0.1) is 12.1 Å². The van der Waals surface area contributed by atoms with Gasteiger partial charge in [0.15, 0.2) is 0 Å². The second-order valence-electron chi connectivity index (χ2n) is 7.01. The van der Waals surface area contributed by atoms with Crippen molar-refractivity contribution in [3.05, 3.63) is 71.0 Å². The minimum Gasteiger partial charge on any atom is -0.473 e. The molecule has 0 aliphatic carbocycles. The smallest absolute Gasteiger partial charge is 0.218 e. The number of benzene rings is 2. The molecule has 4 rings (SSSR count). The molecular weight excluding hydrogens is 343 g/mol. The first-order chi connectivity index (χ1) is 13.2. The molecule has 140 valence electrons. The molecular formula is C22H23FN2O2. The Morgan fingerprint density at radius 3 is 2.96 bits per heavy atom. The molecule has 0 amide bonds. The molecule has 27 heavy (non-hydrogen) atoms. The van der Waals surface area contributed by atoms with Crippen molar-refractivity contribution in [2.75, 3.05) is 13.2 Å². The molecule has 2 aromatic carbocycles. The van der Waals surface area contributed by atoms with E-state index in [0.717, 1.165) is 41.7 Å². The van der Waals surface area contributed by atoms with Crippen molar-refractivity contribution in [1.82, 2.24) is 10.3 Å². The minimum absolute atomic E-state index is 0.263. The molecule has 1 unspecified atom stereocenters. The molecule has 1 aliphatic rings. The highest BCUT2D eigenvalue weighted by Crippen LogP contribution is 2.24. The number of hydrogen-bond donors (Lipinski definition) is 1. The maximum Gasteiger partial charge on any atom is 0.218 e. The Morgan fingerprint density at radius 2 is 2.15 bits per heavy atom. The number of aromatic nitrogens is 1. The van der Waals surface area contributed by atoms with Gasteiger partial charge in [0.25, 0.3) is 0 Å². The zero-order valence-electron chi connectivity index (χ0n) is 15.4. The van der Waals surface area contributed by atoms with Crippen molar-refractivity contribution >= 4 is 10.9 Å². The number of nitrogens with one attached hydrogen (secondary N) is 1. The monoisotopic (exact) mass is 366 g/mol. The minimum atomic E-state index is -0.263. The predicted octanol–water partition coefficient (Wildman–Crippen LogP) is 4.14. The Morgan fingerprint density at radius 1 is 1.22 bits per heavy atom. The van der Waals surface area contributed by atoms with Gasteiger partial charge in [0.2, 0.25) is 5.88 Å². The van der Waals surface area contributed by atoms with E-state index in [1.54, 1.807) is 6.07 Å². The third-order valence-corrected chi connectivity index (χ3v) is 4.78. The number of aryl methyl sites for hydroxylation is 1. The van der Waals surface area contributed by atoms with Crippen molar-refractivity contribution in [2.45, 2.75) is 32.5 Å². The Hall–Kier alpha value is -2.50. The summed E-state index contributed by atoms with van der Waals surface area (Å²) in [6, 6.07) is 15.1. The zero-order chi connectivity index (χ0) is 18.6. The van der Waals surface area contributed by atoms with E-state index in [2.05, 4.69) is 24.4 Å². The largest absolute Gasteiger partial charge is 0.473 e. The lowest BCUT2D eigenvalue weighted by Gasteiger charge is -2.15. The van der Waals surface area contributed by atoms with E-state index in [1.807, 2.05) is 18.2 Å². The van der Waals surface area contributed by atoms with Crippen molar-refractivity contribution in [1.29, 1.82) is 0 Å². The lowest BCUT2D eigenvalue weighted by atomic mass is 10.1. The summed E-state index contributed by atoms with van der Waals surface area (Å²) in [5.74, 6) is 0.322. The number of hydrogen-bond acceptors (Lipinski definition) is 4. The molecule has 0 bridgehead atoms. The molecule has 1 atom stereocenters. The summed E-state index contributed by atoms with van der Waals surface area (Å²) >= 11 is 0. The molecule has 3 aromatic rings. The summed E-state index contributed by atoms with van der Waals surface area (Å²) in [5, 5.41) is 4.61. The van der Waals surface area contributed by atoms with E-state index in [9.17, 15) is 4.39 Å². The van der Waals surface area contributed by atoms with Crippen molar-refractivity contribution < 1.29 is 13.9 Å². The van der Waals surface area contributed by atoms with Gasteiger partial charge in [0, 0.05) is 30.1 Å². The number of ether oxygens (including phenoxy) is 2. The van der Waals surface area contributed by atoms with Crippen LogP contribution in [-0.4, -0.2) is 24.2 Å². The topological polar surface area (TPSA) is 43.4 Å². The van der Waals surface area contributed by atoms with E-state index in [0.29, 0.717) is 18.5 Å². The molecule has 2 heterocycles. The van der Waals surface area contributed by atoms with Gasteiger partial charge < -0.3 is 14.8 Å². The highest BCUT2D eigenvalue weighted by atomic mass is 19.1. The second-order valence-corrected chi connectivity index (χ2v) is 7.01. The number of pyridine rings is 1. The van der Waals surface area contributed by atoms with Gasteiger partial charge in [-0.3, -0.25) is 0 Å². The average molecular weight is 366 g/mol. The lowest BCUT2D eigenvalue weighted by Crippen LogP contribution is -2.28. The average Bonchev–Trinajstić information content (AvgIpc) is 3.18. The summed E-state index contributed by atoms with van der Waals surface area (Å²) in [6.45, 7) is 4.54. The third kappa shape index (κ3) is 4.43. The van der Waals surface area contributed by atoms with Crippen LogP contribution in [-0.2, 0) is 17.9 Å². The van der Waals surface area contributed by atoms with E-state index >= 15 is 0 Å². The van der Waals surface area contributed by atoms with E-state index < -0.39 is 0 Å². The molecule has 4 nitrogen and oxygen atoms in total. The van der Waals surface area contributed by atoms with Crippen molar-refractivity contribution in [3.8, 4) is 5.88 Å². The van der Waals surface area contributed by atoms with Crippen LogP contribution in [0, 0.1) is 12.7 Å². The molecule has 1 fully saturated rings. The quantitative estimate of drug-likeness (QED) is 0.712. The van der Waals surface area contributed by atoms with Crippen LogP contribution in [0.1, 0.15) is 23.1 Å². The van der Waals surface area contributed by atoms with Crippen molar-refractivity contribution in [3.63, 3.8) is 0 Å². The summed E-state index contributed by atoms with van der Waals surface area (Å²) in [4.78, 5) is 4.71. The molecule has 1 aliphatic heterocycles. The normalized spacial score (nSPS) is 16.7. The predicted molar refractivity (Wildman–Crippen MR) is 103 cm³/mol. The first-order valence-electron chi connectivity index (χ1n) is 9.26. The van der Waals surface area contributed by atoms with E-state index in [4.69, 9.17) is 14.5 Å². The van der Waals surface area contributed by atoms with Gasteiger partial charge in [-0.15, -0.1) is 0 Å². The van der Waals surface area contributed by atoms with Gasteiger partial charge in [-0.25, -0.2) is 9.37 Å². The fraction of sp³-hybridized carbons (Fsp3) is 0.318. The molecule has 0 spiro atoms. The third-order valence-electron chi connectivity index (χ3n) is 4.78. The van der Waals surface area contributed by atoms with Crippen LogP contribution in [0.5, 0.6) is 5.88 Å². The number of halogens is 1. The van der Waals surface area contributed by atoms with Crippen LogP contribution in [0.15, 0.2) is 48.5 Å². The van der Waals surface area contributed by atoms with Gasteiger partial charge in [-0.1, -0.05) is 23.8 Å². The number of rotatable bonds is 6. The summed E-state index contributed by atoms with van der Waals surface area (Å²) in [6.07, 6.45) is 1.01. The van der Waals surface area contributed by atoms with Crippen LogP contribution in [0.25, 0.3) is 10.9 Å². The number of nitrogens with zero attached hydrogens (tertiary/aromatic N) is 1. The second kappa shape index (κ2) is 8.03. The molecule has 1 saturated heterocycles. The molecule has 0 saturated carbocycles. The fourth-order valence-electron chi connectivity index (χ4n) is 3.30. The molecule has 1 aromatic heterocycles. The van der Waals surface area contributed by atoms with E-state index in [1.165, 1.54) is 17.7 Å². The Balaban J connectivity index is 1.59. The van der Waals surface area contributed by atoms with Crippen LogP contribution in [0.3, 0.4) is 0 Å². The van der Waals surface area contributed by atoms with Gasteiger partial charge >= 0.3 is 0 Å². The standard InChI is InChI=1S/C22H23FN2O2/c1-15-5-6-21-17(9-15)11-18(12-24-20-7-8-26-14-20)22(25-21)27-13-16-3-2-4-19(23)10-16/h2-6,9-11,20,24H,7-8,12-14H2,1H3. The van der Waals surface area contributed by atoms with Crippen molar-refractivity contribution in [2.24, 2.45) is 0 Å². The Bertz CT molecular complexity index is 939. The van der Waals surface area contributed by atoms with Crippen LogP contribution in [0.4, 0.5) is 4.39 Å². The summed E-state index contributed by atoms with van der Waals surface area (Å²) in [5.41, 5.74) is 3.86. The Labute approximate surface area is 158 Å². The summed E-state index contributed by atoms with van der Waals surface area (Å²) in [7, 11) is 0. The fourth-order valence-corrected chi connectivity index (χ4v) is 3.30. The first-order valence-corrected chi connectivity index (χ1v) is 9.26. The molecule has 1 N–H and O–H groups in total. The van der Waals surface area contributed by atoms with Gasteiger partial charge in [0.1, 0.15) is 12.4 Å². The summed E-state index contributed by atoms with van der Waals surface area (Å²) < 4.78 is 24.8. The van der Waals surface area contributed by atoms with Crippen LogP contribution < -0.4 is 10.1 Å². The highest BCUT2D eigenvalue weighted by Gasteiger charge is 2.16. The van der Waals surface area contributed by atoms with Crippen LogP contribution in [0.2, 0.25) is 0 Å². The highest BCUT2D eigenvalue weighted by molar-refractivity contribution is 5.80. The van der Waals surface area contributed by atoms with Gasteiger partial charge in [-0.2, -0.15) is 0 Å². The van der Waals surface area contributed by atoms with Gasteiger partial charge in [-0.05, 0) is 49.2 Å². The molecule has 0 radical (unpaired) electrons. The molecule has 5 heteroatoms. The number of fused-ring (bicyclic) bond motifs is 1. The first kappa shape index (κ1) is 17.9. The lowest BCUT2D eigenvalue weighted by molar-refractivity contribution is 0.189. The van der Waals surface area contributed by atoms with Crippen LogP contribution >= 0.6 is 0 Å². The maximum absolute atomic E-state index is 13.4. The van der Waals surface area contributed by atoms with E-state index in [-0.39, 0.29) is 12.4 Å². The Kier molecular flexibility index (Phi) is 5.32.